The lowest BCUT2D eigenvalue weighted by atomic mass is 10.1. The van der Waals surface area contributed by atoms with Crippen molar-refractivity contribution >= 4 is 22.1 Å². The van der Waals surface area contributed by atoms with Gasteiger partial charge in [-0.2, -0.15) is 0 Å². The largest absolute Gasteiger partial charge is 0.394 e. The van der Waals surface area contributed by atoms with Crippen LogP contribution in [0.25, 0.3) is 6.20 Å². The zero-order chi connectivity index (χ0) is 15.0. The predicted octanol–water partition coefficient (Wildman–Crippen LogP) is -1.52. The fourth-order valence-electron chi connectivity index (χ4n) is 2.01. The monoisotopic (exact) mass is 348 g/mol. The zero-order valence-electron chi connectivity index (χ0n) is 10.2. The number of aliphatic hydroxyl groups excluding tert-OH is 3. The molecule has 0 saturated carbocycles. The maximum absolute atomic E-state index is 12.1. The number of rotatable bonds is 3. The van der Waals surface area contributed by atoms with Crippen molar-refractivity contribution in [2.45, 2.75) is 24.5 Å². The standard InChI is InChI=1S/C11H13BrN2O6/c1-2-13-9(18)5(12)3-14(11(13)19)10-8(17)7(16)6(4-15)20-10/h2-3,6-8,10,15-17H,1,4H2/t6-,7-,8+,10?/m1/s1. The third kappa shape index (κ3) is 2.27. The highest BCUT2D eigenvalue weighted by Crippen LogP contribution is 2.28. The zero-order valence-corrected chi connectivity index (χ0v) is 11.8. The van der Waals surface area contributed by atoms with Crippen molar-refractivity contribution < 1.29 is 20.1 Å². The summed E-state index contributed by atoms with van der Waals surface area (Å²) in [6, 6.07) is 0. The number of nitrogens with zero attached hydrogens (tertiary/aromatic N) is 2. The quantitative estimate of drug-likeness (QED) is 0.611. The van der Waals surface area contributed by atoms with Crippen LogP contribution in [0.4, 0.5) is 0 Å². The fraction of sp³-hybridized carbons (Fsp3) is 0.455. The summed E-state index contributed by atoms with van der Waals surface area (Å²) < 4.78 is 6.99. The van der Waals surface area contributed by atoms with E-state index in [-0.39, 0.29) is 4.47 Å². The van der Waals surface area contributed by atoms with Crippen LogP contribution < -0.4 is 11.2 Å². The Morgan fingerprint density at radius 3 is 2.55 bits per heavy atom. The molecular weight excluding hydrogens is 336 g/mol. The van der Waals surface area contributed by atoms with Gasteiger partial charge >= 0.3 is 5.69 Å². The van der Waals surface area contributed by atoms with E-state index in [1.165, 1.54) is 0 Å². The molecule has 1 aliphatic heterocycles. The summed E-state index contributed by atoms with van der Waals surface area (Å²) in [5.41, 5.74) is -1.38. The van der Waals surface area contributed by atoms with Gasteiger partial charge in [-0.15, -0.1) is 0 Å². The molecule has 1 aromatic rings. The van der Waals surface area contributed by atoms with Gasteiger partial charge in [-0.1, -0.05) is 6.58 Å². The van der Waals surface area contributed by atoms with Crippen LogP contribution >= 0.6 is 15.9 Å². The lowest BCUT2D eigenvalue weighted by Crippen LogP contribution is -2.42. The fourth-order valence-corrected chi connectivity index (χ4v) is 2.42. The minimum atomic E-state index is -1.41. The van der Waals surface area contributed by atoms with E-state index in [4.69, 9.17) is 9.84 Å². The van der Waals surface area contributed by atoms with Gasteiger partial charge in [0.15, 0.2) is 6.23 Å². The molecule has 9 heteroatoms. The highest BCUT2D eigenvalue weighted by molar-refractivity contribution is 9.10. The molecule has 2 heterocycles. The molecule has 3 N–H and O–H groups in total. The lowest BCUT2D eigenvalue weighted by molar-refractivity contribution is -0.0553. The Morgan fingerprint density at radius 2 is 2.05 bits per heavy atom. The van der Waals surface area contributed by atoms with Crippen LogP contribution in [-0.4, -0.2) is 49.4 Å². The van der Waals surface area contributed by atoms with Crippen LogP contribution in [-0.2, 0) is 4.74 Å². The number of hydrogen-bond acceptors (Lipinski definition) is 6. The van der Waals surface area contributed by atoms with Gasteiger partial charge in [-0.05, 0) is 15.9 Å². The van der Waals surface area contributed by atoms with Gasteiger partial charge in [0.2, 0.25) is 0 Å². The maximum atomic E-state index is 12.1. The summed E-state index contributed by atoms with van der Waals surface area (Å²) >= 11 is 3.00. The summed E-state index contributed by atoms with van der Waals surface area (Å²) in [5, 5.41) is 28.6. The van der Waals surface area contributed by atoms with Crippen LogP contribution in [0.2, 0.25) is 0 Å². The maximum Gasteiger partial charge on any atom is 0.337 e. The number of halogens is 1. The molecule has 1 unspecified atom stereocenters. The normalized spacial score (nSPS) is 29.6. The molecule has 0 spiro atoms. The second kappa shape index (κ2) is 5.62. The van der Waals surface area contributed by atoms with Crippen LogP contribution in [0.15, 0.2) is 26.8 Å². The Kier molecular flexibility index (Phi) is 4.25. The topological polar surface area (TPSA) is 114 Å². The molecule has 1 aliphatic rings. The van der Waals surface area contributed by atoms with Crippen molar-refractivity contribution in [2.75, 3.05) is 6.61 Å². The summed E-state index contributed by atoms with van der Waals surface area (Å²) in [6.07, 6.45) is -2.77. The summed E-state index contributed by atoms with van der Waals surface area (Å²) in [4.78, 5) is 23.8. The average Bonchev–Trinajstić information content (AvgIpc) is 2.71. The minimum Gasteiger partial charge on any atom is -0.394 e. The average molecular weight is 349 g/mol. The molecule has 4 atom stereocenters. The first kappa shape index (κ1) is 15.1. The van der Waals surface area contributed by atoms with Gasteiger partial charge < -0.3 is 20.1 Å². The molecule has 0 aromatic carbocycles. The third-order valence-electron chi connectivity index (χ3n) is 3.08. The molecule has 8 nitrogen and oxygen atoms in total. The summed E-state index contributed by atoms with van der Waals surface area (Å²) in [6.45, 7) is 2.85. The van der Waals surface area contributed by atoms with E-state index in [1.54, 1.807) is 0 Å². The first-order valence-corrected chi connectivity index (χ1v) is 6.49. The molecule has 0 aliphatic carbocycles. The van der Waals surface area contributed by atoms with Gasteiger partial charge in [0.25, 0.3) is 5.56 Å². The van der Waals surface area contributed by atoms with E-state index in [9.17, 15) is 19.8 Å². The molecule has 2 rings (SSSR count). The van der Waals surface area contributed by atoms with Gasteiger partial charge in [0.05, 0.1) is 11.1 Å². The number of aromatic nitrogens is 2. The number of ether oxygens (including phenoxy) is 1. The molecule has 0 bridgehead atoms. The Balaban J connectivity index is 2.55. The molecule has 1 fully saturated rings. The van der Waals surface area contributed by atoms with Gasteiger partial charge in [0, 0.05) is 12.4 Å². The van der Waals surface area contributed by atoms with E-state index in [0.29, 0.717) is 0 Å². The molecule has 1 aromatic heterocycles. The highest BCUT2D eigenvalue weighted by atomic mass is 79.9. The van der Waals surface area contributed by atoms with Crippen molar-refractivity contribution in [1.29, 1.82) is 0 Å². The predicted molar refractivity (Wildman–Crippen MR) is 72.1 cm³/mol. The Labute approximate surface area is 121 Å². The van der Waals surface area contributed by atoms with Crippen molar-refractivity contribution in [3.63, 3.8) is 0 Å². The summed E-state index contributed by atoms with van der Waals surface area (Å²) in [7, 11) is 0. The molecule has 20 heavy (non-hydrogen) atoms. The smallest absolute Gasteiger partial charge is 0.337 e. The highest BCUT2D eigenvalue weighted by Gasteiger charge is 2.44. The first-order chi connectivity index (χ1) is 9.42. The minimum absolute atomic E-state index is 0.0646. The van der Waals surface area contributed by atoms with Crippen molar-refractivity contribution in [1.82, 2.24) is 9.13 Å². The van der Waals surface area contributed by atoms with Gasteiger partial charge in [0.1, 0.15) is 18.3 Å². The van der Waals surface area contributed by atoms with Crippen molar-refractivity contribution in [2.24, 2.45) is 0 Å². The Morgan fingerprint density at radius 1 is 1.40 bits per heavy atom. The second-order valence-corrected chi connectivity index (χ2v) is 5.11. The van der Waals surface area contributed by atoms with Crippen molar-refractivity contribution in [3.8, 4) is 0 Å². The van der Waals surface area contributed by atoms with Crippen LogP contribution in [0.1, 0.15) is 6.23 Å². The van der Waals surface area contributed by atoms with E-state index < -0.39 is 42.4 Å². The molecule has 0 radical (unpaired) electrons. The second-order valence-electron chi connectivity index (χ2n) is 4.25. The lowest BCUT2D eigenvalue weighted by Gasteiger charge is -2.18. The Hall–Kier alpha value is -1.26. The van der Waals surface area contributed by atoms with E-state index >= 15 is 0 Å². The van der Waals surface area contributed by atoms with Gasteiger partial charge in [-0.3, -0.25) is 9.36 Å². The third-order valence-corrected chi connectivity index (χ3v) is 3.62. The van der Waals surface area contributed by atoms with E-state index in [0.717, 1.165) is 21.5 Å². The Bertz CT molecular complexity index is 639. The molecule has 1 saturated heterocycles. The summed E-state index contributed by atoms with van der Waals surface area (Å²) in [5.74, 6) is 0. The molecule has 0 amide bonds. The molecule has 110 valence electrons. The van der Waals surface area contributed by atoms with E-state index in [2.05, 4.69) is 22.5 Å². The number of aliphatic hydroxyl groups is 3. The van der Waals surface area contributed by atoms with Crippen LogP contribution in [0.5, 0.6) is 0 Å². The van der Waals surface area contributed by atoms with Gasteiger partial charge in [-0.25, -0.2) is 9.36 Å². The van der Waals surface area contributed by atoms with Crippen molar-refractivity contribution in [3.05, 3.63) is 38.1 Å². The van der Waals surface area contributed by atoms with E-state index in [1.807, 2.05) is 0 Å². The first-order valence-electron chi connectivity index (χ1n) is 5.70. The van der Waals surface area contributed by atoms with Crippen LogP contribution in [0.3, 0.4) is 0 Å². The van der Waals surface area contributed by atoms with Crippen LogP contribution in [0, 0.1) is 0 Å². The molecular formula is C11H13BrN2O6. The number of hydrogen-bond donors (Lipinski definition) is 3. The SMILES string of the molecule is C=Cn1c(=O)c(Br)cn(C2O[C@H](CO)[C@@H](O)[C@@H]2O)c1=O.